The van der Waals surface area contributed by atoms with Crippen LogP contribution in [0.15, 0.2) is 24.5 Å². The Morgan fingerprint density at radius 2 is 2.26 bits per heavy atom. The molecular formula is C16H22N6O. The summed E-state index contributed by atoms with van der Waals surface area (Å²) in [7, 11) is 1.96. The van der Waals surface area contributed by atoms with E-state index < -0.39 is 0 Å². The van der Waals surface area contributed by atoms with Crippen molar-refractivity contribution in [3.63, 3.8) is 0 Å². The number of likely N-dealkylation sites (tertiary alicyclic amines) is 1. The first-order chi connectivity index (χ1) is 11.1. The average molecular weight is 314 g/mol. The highest BCUT2D eigenvalue weighted by atomic mass is 16.1. The summed E-state index contributed by atoms with van der Waals surface area (Å²) in [6.45, 7) is 3.84. The SMILES string of the molecule is CC(=O)NCc1ccnc([C@@H]2CCCN2Cc2ccnn2C)n1. The van der Waals surface area contributed by atoms with Gasteiger partial charge in [-0.1, -0.05) is 0 Å². The van der Waals surface area contributed by atoms with Gasteiger partial charge in [-0.3, -0.25) is 14.4 Å². The molecule has 0 aliphatic carbocycles. The van der Waals surface area contributed by atoms with Gasteiger partial charge < -0.3 is 5.32 Å². The molecule has 0 radical (unpaired) electrons. The second kappa shape index (κ2) is 6.87. The van der Waals surface area contributed by atoms with Crippen molar-refractivity contribution in [1.82, 2.24) is 30.0 Å². The summed E-state index contributed by atoms with van der Waals surface area (Å²) in [5.41, 5.74) is 2.03. The summed E-state index contributed by atoms with van der Waals surface area (Å²) in [6, 6.07) is 4.12. The maximum absolute atomic E-state index is 11.0. The molecule has 1 aliphatic heterocycles. The number of hydrogen-bond donors (Lipinski definition) is 1. The van der Waals surface area contributed by atoms with Gasteiger partial charge in [-0.2, -0.15) is 5.10 Å². The number of carbonyl (C=O) groups excluding carboxylic acids is 1. The van der Waals surface area contributed by atoms with E-state index in [1.54, 1.807) is 6.20 Å². The predicted octanol–water partition coefficient (Wildman–Crippen LogP) is 1.18. The van der Waals surface area contributed by atoms with E-state index in [1.165, 1.54) is 12.6 Å². The van der Waals surface area contributed by atoms with Crippen molar-refractivity contribution < 1.29 is 4.79 Å². The van der Waals surface area contributed by atoms with E-state index >= 15 is 0 Å². The van der Waals surface area contributed by atoms with Gasteiger partial charge in [0.2, 0.25) is 5.91 Å². The monoisotopic (exact) mass is 314 g/mol. The largest absolute Gasteiger partial charge is 0.351 e. The van der Waals surface area contributed by atoms with Crippen molar-refractivity contribution in [2.45, 2.75) is 38.9 Å². The van der Waals surface area contributed by atoms with Crippen LogP contribution in [-0.2, 0) is 24.9 Å². The summed E-state index contributed by atoms with van der Waals surface area (Å²) in [5, 5.41) is 7.01. The predicted molar refractivity (Wildman–Crippen MR) is 85.1 cm³/mol. The molecule has 7 nitrogen and oxygen atoms in total. The van der Waals surface area contributed by atoms with Crippen LogP contribution >= 0.6 is 0 Å². The van der Waals surface area contributed by atoms with Crippen molar-refractivity contribution in [1.29, 1.82) is 0 Å². The summed E-state index contributed by atoms with van der Waals surface area (Å²) in [4.78, 5) is 22.5. The van der Waals surface area contributed by atoms with E-state index in [2.05, 4.69) is 25.3 Å². The Bertz CT molecular complexity index is 683. The van der Waals surface area contributed by atoms with Crippen LogP contribution in [-0.4, -0.2) is 37.1 Å². The van der Waals surface area contributed by atoms with Crippen molar-refractivity contribution in [2.75, 3.05) is 6.54 Å². The molecular weight excluding hydrogens is 292 g/mol. The third kappa shape index (κ3) is 3.73. The maximum Gasteiger partial charge on any atom is 0.217 e. The number of nitrogens with one attached hydrogen (secondary N) is 1. The number of amides is 1. The molecule has 1 aliphatic rings. The Morgan fingerprint density at radius 1 is 1.39 bits per heavy atom. The van der Waals surface area contributed by atoms with Crippen molar-refractivity contribution in [3.05, 3.63) is 41.7 Å². The number of rotatable bonds is 5. The zero-order chi connectivity index (χ0) is 16.2. The standard InChI is InChI=1S/C16H22N6O/c1-12(23)18-10-13-5-7-17-16(20-13)15-4-3-9-22(15)11-14-6-8-19-21(14)2/h5-8,15H,3-4,9-11H2,1-2H3,(H,18,23)/t15-/m0/s1. The minimum Gasteiger partial charge on any atom is -0.351 e. The molecule has 0 aromatic carbocycles. The third-order valence-corrected chi connectivity index (χ3v) is 4.20. The molecule has 23 heavy (non-hydrogen) atoms. The van der Waals surface area contributed by atoms with Gasteiger partial charge in [-0.05, 0) is 31.5 Å². The van der Waals surface area contributed by atoms with Gasteiger partial charge in [0, 0.05) is 32.9 Å². The van der Waals surface area contributed by atoms with E-state index in [0.717, 1.165) is 37.4 Å². The van der Waals surface area contributed by atoms with Gasteiger partial charge in [0.05, 0.1) is 24.0 Å². The highest BCUT2D eigenvalue weighted by Gasteiger charge is 2.28. The first-order valence-corrected chi connectivity index (χ1v) is 7.90. The zero-order valence-corrected chi connectivity index (χ0v) is 13.6. The molecule has 122 valence electrons. The first kappa shape index (κ1) is 15.6. The molecule has 1 amide bonds. The molecule has 0 saturated carbocycles. The molecule has 1 atom stereocenters. The number of aryl methyl sites for hydroxylation is 1. The fourth-order valence-electron chi connectivity index (χ4n) is 2.96. The second-order valence-electron chi connectivity index (χ2n) is 5.89. The molecule has 1 saturated heterocycles. The fourth-order valence-corrected chi connectivity index (χ4v) is 2.96. The van der Waals surface area contributed by atoms with Gasteiger partial charge in [0.25, 0.3) is 0 Å². The fraction of sp³-hybridized carbons (Fsp3) is 0.500. The van der Waals surface area contributed by atoms with Gasteiger partial charge >= 0.3 is 0 Å². The molecule has 2 aromatic rings. The molecule has 1 N–H and O–H groups in total. The molecule has 0 unspecified atom stereocenters. The zero-order valence-electron chi connectivity index (χ0n) is 13.6. The molecule has 3 heterocycles. The van der Waals surface area contributed by atoms with Crippen LogP contribution < -0.4 is 5.32 Å². The summed E-state index contributed by atoms with van der Waals surface area (Å²) < 4.78 is 1.91. The van der Waals surface area contributed by atoms with Gasteiger partial charge in [-0.25, -0.2) is 9.97 Å². The topological polar surface area (TPSA) is 75.9 Å². The number of nitrogens with zero attached hydrogens (tertiary/aromatic N) is 5. The lowest BCUT2D eigenvalue weighted by Crippen LogP contribution is -2.26. The Balaban J connectivity index is 1.73. The van der Waals surface area contributed by atoms with E-state index in [9.17, 15) is 4.79 Å². The van der Waals surface area contributed by atoms with Crippen LogP contribution in [0.3, 0.4) is 0 Å². The van der Waals surface area contributed by atoms with Crippen LogP contribution in [0.25, 0.3) is 0 Å². The minimum absolute atomic E-state index is 0.0520. The number of carbonyl (C=O) groups is 1. The van der Waals surface area contributed by atoms with Crippen molar-refractivity contribution >= 4 is 5.91 Å². The molecule has 7 heteroatoms. The first-order valence-electron chi connectivity index (χ1n) is 7.90. The number of aromatic nitrogens is 4. The van der Waals surface area contributed by atoms with Crippen molar-refractivity contribution in [3.8, 4) is 0 Å². The van der Waals surface area contributed by atoms with E-state index in [4.69, 9.17) is 0 Å². The third-order valence-electron chi connectivity index (χ3n) is 4.20. The summed E-state index contributed by atoms with van der Waals surface area (Å²) >= 11 is 0. The van der Waals surface area contributed by atoms with Crippen LogP contribution in [0.4, 0.5) is 0 Å². The van der Waals surface area contributed by atoms with Crippen molar-refractivity contribution in [2.24, 2.45) is 7.05 Å². The smallest absolute Gasteiger partial charge is 0.217 e. The molecule has 0 bridgehead atoms. The van der Waals surface area contributed by atoms with Crippen LogP contribution in [0.1, 0.15) is 43.0 Å². The van der Waals surface area contributed by atoms with E-state index in [1.807, 2.05) is 30.1 Å². The highest BCUT2D eigenvalue weighted by Crippen LogP contribution is 2.31. The lowest BCUT2D eigenvalue weighted by atomic mass is 10.2. The van der Waals surface area contributed by atoms with Gasteiger partial charge in [0.15, 0.2) is 0 Å². The Kier molecular flexibility index (Phi) is 4.66. The van der Waals surface area contributed by atoms with Crippen LogP contribution in [0.5, 0.6) is 0 Å². The maximum atomic E-state index is 11.0. The molecule has 2 aromatic heterocycles. The second-order valence-corrected chi connectivity index (χ2v) is 5.89. The summed E-state index contributed by atoms with van der Waals surface area (Å²) in [5.74, 6) is 0.788. The van der Waals surface area contributed by atoms with Gasteiger partial charge in [0.1, 0.15) is 5.82 Å². The Morgan fingerprint density at radius 3 is 3.00 bits per heavy atom. The average Bonchev–Trinajstić information content (AvgIpc) is 3.16. The molecule has 3 rings (SSSR count). The highest BCUT2D eigenvalue weighted by molar-refractivity contribution is 5.72. The summed E-state index contributed by atoms with van der Waals surface area (Å²) in [6.07, 6.45) is 5.80. The molecule has 1 fully saturated rings. The molecule has 0 spiro atoms. The van der Waals surface area contributed by atoms with E-state index in [-0.39, 0.29) is 11.9 Å². The minimum atomic E-state index is -0.0520. The lowest BCUT2D eigenvalue weighted by Gasteiger charge is -2.23. The quantitative estimate of drug-likeness (QED) is 0.897. The van der Waals surface area contributed by atoms with Crippen LogP contribution in [0, 0.1) is 0 Å². The normalized spacial score (nSPS) is 18.3. The number of hydrogen-bond acceptors (Lipinski definition) is 5. The lowest BCUT2D eigenvalue weighted by molar-refractivity contribution is -0.119. The Labute approximate surface area is 135 Å². The van der Waals surface area contributed by atoms with E-state index in [0.29, 0.717) is 6.54 Å². The van der Waals surface area contributed by atoms with Crippen LogP contribution in [0.2, 0.25) is 0 Å². The Hall–Kier alpha value is -2.28. The van der Waals surface area contributed by atoms with Gasteiger partial charge in [-0.15, -0.1) is 0 Å².